The van der Waals surface area contributed by atoms with Crippen LogP contribution in [0.15, 0.2) is 12.1 Å². The summed E-state index contributed by atoms with van der Waals surface area (Å²) in [6.07, 6.45) is 14.5. The number of aromatic hydroxyl groups is 1. The number of piperidine rings is 2. The Kier molecular flexibility index (Phi) is 12.7. The van der Waals surface area contributed by atoms with Crippen molar-refractivity contribution in [2.75, 3.05) is 32.9 Å². The molecule has 12 rings (SSSR count). The molecule has 3 spiro atoms. The lowest BCUT2D eigenvalue weighted by molar-refractivity contribution is -0.220. The fraction of sp³-hybridized carbons (Fsp3) is 0.807. The summed E-state index contributed by atoms with van der Waals surface area (Å²) in [7, 11) is 0. The van der Waals surface area contributed by atoms with Crippen LogP contribution in [0.4, 0.5) is 0 Å². The van der Waals surface area contributed by atoms with E-state index in [9.17, 15) is 25.2 Å². The molecule has 378 valence electrons. The van der Waals surface area contributed by atoms with Crippen LogP contribution in [0.25, 0.3) is 0 Å². The number of nitrogens with one attached hydrogen (secondary N) is 2. The van der Waals surface area contributed by atoms with E-state index in [1.807, 2.05) is 6.92 Å². The quantitative estimate of drug-likeness (QED) is 0.112. The van der Waals surface area contributed by atoms with Gasteiger partial charge in [-0.1, -0.05) is 44.1 Å². The minimum Gasteiger partial charge on any atom is -0.504 e. The van der Waals surface area contributed by atoms with E-state index in [1.165, 1.54) is 6.92 Å². The van der Waals surface area contributed by atoms with Gasteiger partial charge in [0, 0.05) is 72.0 Å². The first-order valence-electron chi connectivity index (χ1n) is 27.6. The summed E-state index contributed by atoms with van der Waals surface area (Å²) in [5.74, 6) is 6.50. The van der Waals surface area contributed by atoms with E-state index in [4.69, 9.17) is 14.2 Å². The highest BCUT2D eigenvalue weighted by molar-refractivity contribution is 5.93. The van der Waals surface area contributed by atoms with Crippen LogP contribution in [0.1, 0.15) is 178 Å². The van der Waals surface area contributed by atoms with E-state index in [2.05, 4.69) is 28.5 Å². The van der Waals surface area contributed by atoms with Crippen molar-refractivity contribution in [3.8, 4) is 23.3 Å². The van der Waals surface area contributed by atoms with Crippen molar-refractivity contribution in [3.05, 3.63) is 23.3 Å². The fourth-order valence-corrected chi connectivity index (χ4v) is 18.8. The minimum atomic E-state index is -1.17. The van der Waals surface area contributed by atoms with Gasteiger partial charge in [0.2, 0.25) is 5.91 Å². The van der Waals surface area contributed by atoms with Gasteiger partial charge in [-0.05, 0) is 164 Å². The van der Waals surface area contributed by atoms with Crippen LogP contribution in [0.3, 0.4) is 0 Å². The number of rotatable bonds is 8. The van der Waals surface area contributed by atoms with Gasteiger partial charge in [-0.2, -0.15) is 0 Å². The van der Waals surface area contributed by atoms with Crippen molar-refractivity contribution in [3.63, 3.8) is 0 Å². The zero-order valence-corrected chi connectivity index (χ0v) is 41.4. The number of phenols is 1. The Morgan fingerprint density at radius 1 is 0.957 bits per heavy atom. The molecule has 5 heterocycles. The SMILES string of the molecule is CC(=O)OC1C2C3CCC1(CCCO)C(CC(C)O)CC#CC1CC4c5c(ccc(O)c5OCC4C4(CO)CCCC4)C1C1(CCNCC1)C2OC(=O)C12CCCCC1CC1(CCCC1C3)C(=O)N2. The summed E-state index contributed by atoms with van der Waals surface area (Å²) >= 11 is 0. The average Bonchev–Trinajstić information content (AvgIpc) is 3.99. The molecule has 1 aromatic carbocycles. The van der Waals surface area contributed by atoms with E-state index >= 15 is 9.59 Å². The number of fused-ring (bicyclic) bond motifs is 6. The number of aliphatic hydroxyl groups is 3. The summed E-state index contributed by atoms with van der Waals surface area (Å²) in [6.45, 7) is 5.12. The van der Waals surface area contributed by atoms with Crippen molar-refractivity contribution >= 4 is 17.8 Å². The van der Waals surface area contributed by atoms with E-state index in [-0.39, 0.29) is 83.6 Å². The number of benzene rings is 1. The standard InChI is InChI=1S/C57H80N2O10/c1-34(62)28-38-12-7-10-37-30-42-43(53(33-61)17-5-6-18-53)32-67-48-44(64)15-14-41(46(42)48)47(37)55(23-25-58-26-24-55)50-45-36(16-22-54(38,20-9-27-60)49(45)68-35(2)63)29-39-13-8-19-56(39)31-40-11-3-4-21-57(40,52(66)69-50)59-51(56)65/h14-15,34,36-40,42-43,45,47,49-50,58,60-62,64H,3-6,8-9,11-13,16-33H2,1-2H3,(H,59,65). The molecule has 15 atom stereocenters. The highest BCUT2D eigenvalue weighted by Gasteiger charge is 2.69. The lowest BCUT2D eigenvalue weighted by Crippen LogP contribution is -2.70. The van der Waals surface area contributed by atoms with E-state index < -0.39 is 52.0 Å². The van der Waals surface area contributed by atoms with Crippen molar-refractivity contribution in [2.24, 2.45) is 63.1 Å². The smallest absolute Gasteiger partial charge is 0.332 e. The van der Waals surface area contributed by atoms with Crippen molar-refractivity contribution in [1.82, 2.24) is 10.6 Å². The molecular weight excluding hydrogens is 873 g/mol. The fourth-order valence-electron chi connectivity index (χ4n) is 18.8. The first-order chi connectivity index (χ1) is 33.3. The number of hydrogen-bond donors (Lipinski definition) is 6. The molecule has 4 saturated carbocycles. The Morgan fingerprint density at radius 2 is 1.74 bits per heavy atom. The number of amides is 1. The van der Waals surface area contributed by atoms with Gasteiger partial charge in [0.25, 0.3) is 0 Å². The highest BCUT2D eigenvalue weighted by Crippen LogP contribution is 2.68. The number of aliphatic hydroxyl groups excluding tert-OH is 3. The third-order valence-electron chi connectivity index (χ3n) is 21.7. The summed E-state index contributed by atoms with van der Waals surface area (Å²) in [5.41, 5.74) is -1.43. The van der Waals surface area contributed by atoms with Gasteiger partial charge in [-0.25, -0.2) is 4.79 Å². The number of phenolic OH excluding ortho intramolecular Hbond substituents is 1. The van der Waals surface area contributed by atoms with E-state index in [0.29, 0.717) is 89.7 Å². The molecule has 69 heavy (non-hydrogen) atoms. The molecule has 1 amide bonds. The maximum Gasteiger partial charge on any atom is 0.332 e. The molecule has 1 aromatic rings. The number of carbonyl (C=O) groups excluding carboxylic acids is 3. The summed E-state index contributed by atoms with van der Waals surface area (Å²) in [5, 5.41) is 52.4. The van der Waals surface area contributed by atoms with Gasteiger partial charge in [0.15, 0.2) is 11.5 Å². The second kappa shape index (κ2) is 18.3. The molecule has 5 aliphatic heterocycles. The third-order valence-corrected chi connectivity index (χ3v) is 21.7. The van der Waals surface area contributed by atoms with Gasteiger partial charge in [-0.15, -0.1) is 5.92 Å². The summed E-state index contributed by atoms with van der Waals surface area (Å²) in [6, 6.07) is 3.89. The molecular formula is C57H80N2O10. The van der Waals surface area contributed by atoms with Gasteiger partial charge in [-0.3, -0.25) is 9.59 Å². The maximum absolute atomic E-state index is 16.2. The number of carbonyl (C=O) groups is 3. The summed E-state index contributed by atoms with van der Waals surface area (Å²) in [4.78, 5) is 45.4. The Bertz CT molecular complexity index is 2210. The molecule has 12 heteroatoms. The van der Waals surface area contributed by atoms with Crippen molar-refractivity contribution in [2.45, 2.75) is 191 Å². The lowest BCUT2D eigenvalue weighted by atomic mass is 9.47. The van der Waals surface area contributed by atoms with Gasteiger partial charge in [0.05, 0.1) is 18.1 Å². The largest absolute Gasteiger partial charge is 0.504 e. The van der Waals surface area contributed by atoms with Gasteiger partial charge < -0.3 is 45.3 Å². The Balaban J connectivity index is 1.19. The number of hydrogen-bond acceptors (Lipinski definition) is 11. The van der Waals surface area contributed by atoms with Crippen LogP contribution in [0.5, 0.6) is 11.5 Å². The van der Waals surface area contributed by atoms with Crippen molar-refractivity contribution < 1.29 is 49.0 Å². The predicted molar refractivity (Wildman–Crippen MR) is 258 cm³/mol. The number of esters is 2. The third kappa shape index (κ3) is 7.44. The normalized spacial score (nSPS) is 42.0. The van der Waals surface area contributed by atoms with Crippen LogP contribution in [0, 0.1) is 74.9 Å². The zero-order valence-electron chi connectivity index (χ0n) is 41.4. The molecule has 12 nitrogen and oxygen atoms in total. The molecule has 6 aliphatic carbocycles. The van der Waals surface area contributed by atoms with Crippen LogP contribution < -0.4 is 15.4 Å². The minimum absolute atomic E-state index is 0.0138. The Labute approximate surface area is 409 Å². The summed E-state index contributed by atoms with van der Waals surface area (Å²) < 4.78 is 21.5. The Hall–Kier alpha value is -3.37. The van der Waals surface area contributed by atoms with Crippen molar-refractivity contribution in [1.29, 1.82) is 0 Å². The van der Waals surface area contributed by atoms with Crippen LogP contribution in [-0.2, 0) is 23.9 Å². The van der Waals surface area contributed by atoms with E-state index in [1.54, 1.807) is 6.07 Å². The van der Waals surface area contributed by atoms with Crippen LogP contribution >= 0.6 is 0 Å². The zero-order chi connectivity index (χ0) is 47.9. The van der Waals surface area contributed by atoms with E-state index in [0.717, 1.165) is 88.2 Å². The first kappa shape index (κ1) is 47.9. The average molecular weight is 953 g/mol. The number of ether oxygens (including phenoxy) is 3. The van der Waals surface area contributed by atoms with Crippen LogP contribution in [-0.4, -0.2) is 95.0 Å². The molecule has 11 aliphatic rings. The van der Waals surface area contributed by atoms with Gasteiger partial charge in [0.1, 0.15) is 17.7 Å². The molecule has 4 saturated heterocycles. The van der Waals surface area contributed by atoms with Gasteiger partial charge >= 0.3 is 11.9 Å². The maximum atomic E-state index is 16.2. The monoisotopic (exact) mass is 953 g/mol. The first-order valence-corrected chi connectivity index (χ1v) is 27.6. The molecule has 0 radical (unpaired) electrons. The van der Waals surface area contributed by atoms with Crippen LogP contribution in [0.2, 0.25) is 0 Å². The predicted octanol–water partition coefficient (Wildman–Crippen LogP) is 7.57. The lowest BCUT2D eigenvalue weighted by Gasteiger charge is -2.61. The molecule has 8 fully saturated rings. The Morgan fingerprint density at radius 3 is 2.49 bits per heavy atom. The molecule has 0 aromatic heterocycles. The second-order valence-electron chi connectivity index (χ2n) is 24.6. The second-order valence-corrected chi connectivity index (χ2v) is 24.6. The highest BCUT2D eigenvalue weighted by atomic mass is 16.6. The molecule has 15 unspecified atom stereocenters. The molecule has 4 bridgehead atoms. The molecule has 6 N–H and O–H groups in total. The topological polar surface area (TPSA) is 184 Å².